The summed E-state index contributed by atoms with van der Waals surface area (Å²) >= 11 is 0. The van der Waals surface area contributed by atoms with Crippen molar-refractivity contribution < 1.29 is 8.42 Å². The van der Waals surface area contributed by atoms with Gasteiger partial charge in [0.2, 0.25) is 10.0 Å². The van der Waals surface area contributed by atoms with E-state index in [4.69, 9.17) is 0 Å². The minimum absolute atomic E-state index is 0.0417. The summed E-state index contributed by atoms with van der Waals surface area (Å²) in [5, 5.41) is 3.26. The third-order valence-corrected chi connectivity index (χ3v) is 5.48. The Bertz CT molecular complexity index is 549. The maximum absolute atomic E-state index is 12.4. The molecule has 1 saturated heterocycles. The number of rotatable bonds is 4. The monoisotopic (exact) mass is 282 g/mol. The van der Waals surface area contributed by atoms with Crippen molar-refractivity contribution in [1.29, 1.82) is 0 Å². The quantitative estimate of drug-likeness (QED) is 0.881. The van der Waals surface area contributed by atoms with Gasteiger partial charge in [0.05, 0.1) is 4.90 Å². The van der Waals surface area contributed by atoms with Gasteiger partial charge >= 0.3 is 0 Å². The van der Waals surface area contributed by atoms with Crippen molar-refractivity contribution in [3.8, 4) is 0 Å². The Hall–Kier alpha value is -0.910. The molecule has 0 radical (unpaired) electrons. The van der Waals surface area contributed by atoms with Gasteiger partial charge < -0.3 is 5.32 Å². The van der Waals surface area contributed by atoms with Crippen molar-refractivity contribution in [1.82, 2.24) is 10.0 Å². The lowest BCUT2D eigenvalue weighted by Gasteiger charge is -2.20. The number of hydrogen-bond donors (Lipinski definition) is 2. The summed E-state index contributed by atoms with van der Waals surface area (Å²) < 4.78 is 27.7. The van der Waals surface area contributed by atoms with Gasteiger partial charge in [-0.15, -0.1) is 0 Å². The summed E-state index contributed by atoms with van der Waals surface area (Å²) in [6.07, 6.45) is 1.02. The second-order valence-electron chi connectivity index (χ2n) is 5.43. The fraction of sp³-hybridized carbons (Fsp3) is 0.571. The number of sulfonamides is 1. The molecule has 1 aliphatic rings. The highest BCUT2D eigenvalue weighted by atomic mass is 32.2. The van der Waals surface area contributed by atoms with Crippen LogP contribution in [0.3, 0.4) is 0 Å². The van der Waals surface area contributed by atoms with E-state index in [2.05, 4.69) is 10.0 Å². The highest BCUT2D eigenvalue weighted by Gasteiger charge is 2.26. The second kappa shape index (κ2) is 5.61. The molecule has 0 aromatic heterocycles. The lowest BCUT2D eigenvalue weighted by Crippen LogP contribution is -2.39. The van der Waals surface area contributed by atoms with Crippen LogP contribution in [0.25, 0.3) is 0 Å². The summed E-state index contributed by atoms with van der Waals surface area (Å²) in [5.74, 6) is 0.375. The molecule has 2 atom stereocenters. The standard InChI is InChI=1S/C14H22N2O2S/c1-10-4-5-11(2)14(8-10)19(17,18)16-12(3)13-6-7-15-9-13/h4-5,8,12-13,15-16H,6-7,9H2,1-3H3. The van der Waals surface area contributed by atoms with E-state index in [-0.39, 0.29) is 6.04 Å². The molecule has 2 unspecified atom stereocenters. The normalized spacial score (nSPS) is 21.5. The van der Waals surface area contributed by atoms with Crippen LogP contribution in [0.1, 0.15) is 24.5 Å². The molecule has 0 spiro atoms. The third kappa shape index (κ3) is 3.35. The predicted octanol–water partition coefficient (Wildman–Crippen LogP) is 1.58. The van der Waals surface area contributed by atoms with Crippen molar-refractivity contribution >= 4 is 10.0 Å². The van der Waals surface area contributed by atoms with Gasteiger partial charge in [-0.2, -0.15) is 0 Å². The molecular formula is C14H22N2O2S. The fourth-order valence-corrected chi connectivity index (χ4v) is 4.15. The van der Waals surface area contributed by atoms with Crippen molar-refractivity contribution in [3.63, 3.8) is 0 Å². The first kappa shape index (κ1) is 14.5. The predicted molar refractivity (Wildman–Crippen MR) is 76.7 cm³/mol. The van der Waals surface area contributed by atoms with Gasteiger partial charge in [-0.25, -0.2) is 13.1 Å². The Kier molecular flexibility index (Phi) is 4.28. The average molecular weight is 282 g/mol. The van der Waals surface area contributed by atoms with Gasteiger partial charge in [0.15, 0.2) is 0 Å². The van der Waals surface area contributed by atoms with Gasteiger partial charge in [0, 0.05) is 6.04 Å². The van der Waals surface area contributed by atoms with E-state index in [0.717, 1.165) is 30.6 Å². The van der Waals surface area contributed by atoms with Crippen LogP contribution in [-0.4, -0.2) is 27.5 Å². The highest BCUT2D eigenvalue weighted by molar-refractivity contribution is 7.89. The number of aryl methyl sites for hydroxylation is 2. The summed E-state index contributed by atoms with van der Waals surface area (Å²) in [6.45, 7) is 7.54. The van der Waals surface area contributed by atoms with Gasteiger partial charge in [0.1, 0.15) is 0 Å². The van der Waals surface area contributed by atoms with Crippen molar-refractivity contribution in [2.75, 3.05) is 13.1 Å². The van der Waals surface area contributed by atoms with E-state index in [0.29, 0.717) is 10.8 Å². The molecule has 106 valence electrons. The Labute approximate surface area is 115 Å². The smallest absolute Gasteiger partial charge is 0.241 e. The zero-order valence-electron chi connectivity index (χ0n) is 11.7. The van der Waals surface area contributed by atoms with Crippen LogP contribution in [0.2, 0.25) is 0 Å². The van der Waals surface area contributed by atoms with Crippen LogP contribution in [0.15, 0.2) is 23.1 Å². The molecule has 0 aliphatic carbocycles. The summed E-state index contributed by atoms with van der Waals surface area (Å²) in [4.78, 5) is 0.394. The molecule has 4 nitrogen and oxygen atoms in total. The first-order valence-electron chi connectivity index (χ1n) is 6.70. The molecule has 1 heterocycles. The van der Waals surface area contributed by atoms with Crippen LogP contribution in [0.5, 0.6) is 0 Å². The van der Waals surface area contributed by atoms with Crippen molar-refractivity contribution in [2.24, 2.45) is 5.92 Å². The molecule has 2 rings (SSSR count). The van der Waals surface area contributed by atoms with Gasteiger partial charge in [-0.3, -0.25) is 0 Å². The first-order valence-corrected chi connectivity index (χ1v) is 8.19. The molecule has 1 aromatic carbocycles. The SMILES string of the molecule is Cc1ccc(C)c(S(=O)(=O)NC(C)C2CCNC2)c1. The minimum Gasteiger partial charge on any atom is -0.316 e. The molecular weight excluding hydrogens is 260 g/mol. The molecule has 1 fully saturated rings. The van der Waals surface area contributed by atoms with Crippen LogP contribution in [0.4, 0.5) is 0 Å². The molecule has 1 aromatic rings. The Morgan fingerprint density at radius 3 is 2.74 bits per heavy atom. The summed E-state index contributed by atoms with van der Waals surface area (Å²) in [5.41, 5.74) is 1.75. The number of nitrogens with one attached hydrogen (secondary N) is 2. The topological polar surface area (TPSA) is 58.2 Å². The molecule has 0 amide bonds. The third-order valence-electron chi connectivity index (χ3n) is 3.78. The fourth-order valence-electron chi connectivity index (χ4n) is 2.51. The number of hydrogen-bond acceptors (Lipinski definition) is 3. The molecule has 1 aliphatic heterocycles. The van der Waals surface area contributed by atoms with E-state index < -0.39 is 10.0 Å². The maximum Gasteiger partial charge on any atom is 0.241 e. The second-order valence-corrected chi connectivity index (χ2v) is 7.11. The average Bonchev–Trinajstić information content (AvgIpc) is 2.85. The van der Waals surface area contributed by atoms with Crippen LogP contribution in [-0.2, 0) is 10.0 Å². The summed E-state index contributed by atoms with van der Waals surface area (Å²) in [7, 11) is -3.43. The molecule has 0 bridgehead atoms. The lowest BCUT2D eigenvalue weighted by atomic mass is 10.0. The minimum atomic E-state index is -3.43. The Balaban J connectivity index is 2.19. The van der Waals surface area contributed by atoms with E-state index in [1.807, 2.05) is 32.9 Å². The van der Waals surface area contributed by atoms with E-state index in [1.165, 1.54) is 0 Å². The zero-order chi connectivity index (χ0) is 14.0. The van der Waals surface area contributed by atoms with E-state index >= 15 is 0 Å². The largest absolute Gasteiger partial charge is 0.316 e. The van der Waals surface area contributed by atoms with Gasteiger partial charge in [-0.05, 0) is 63.4 Å². The van der Waals surface area contributed by atoms with Crippen LogP contribution < -0.4 is 10.0 Å². The first-order chi connectivity index (χ1) is 8.90. The molecule has 19 heavy (non-hydrogen) atoms. The Morgan fingerprint density at radius 1 is 1.37 bits per heavy atom. The van der Waals surface area contributed by atoms with Crippen molar-refractivity contribution in [2.45, 2.75) is 38.1 Å². The lowest BCUT2D eigenvalue weighted by molar-refractivity contribution is 0.444. The Morgan fingerprint density at radius 2 is 2.11 bits per heavy atom. The van der Waals surface area contributed by atoms with Gasteiger partial charge in [0.25, 0.3) is 0 Å². The van der Waals surface area contributed by atoms with Crippen LogP contribution in [0, 0.1) is 19.8 Å². The van der Waals surface area contributed by atoms with Crippen LogP contribution >= 0.6 is 0 Å². The highest BCUT2D eigenvalue weighted by Crippen LogP contribution is 2.19. The number of benzene rings is 1. The van der Waals surface area contributed by atoms with E-state index in [1.54, 1.807) is 6.07 Å². The maximum atomic E-state index is 12.4. The van der Waals surface area contributed by atoms with Crippen molar-refractivity contribution in [3.05, 3.63) is 29.3 Å². The summed E-state index contributed by atoms with van der Waals surface area (Å²) in [6, 6.07) is 5.47. The zero-order valence-corrected chi connectivity index (χ0v) is 12.5. The molecule has 2 N–H and O–H groups in total. The van der Waals surface area contributed by atoms with Gasteiger partial charge in [-0.1, -0.05) is 12.1 Å². The van der Waals surface area contributed by atoms with E-state index in [9.17, 15) is 8.42 Å². The molecule has 5 heteroatoms. The molecule has 0 saturated carbocycles.